The second-order valence-electron chi connectivity index (χ2n) is 3.36. The van der Waals surface area contributed by atoms with Crippen molar-refractivity contribution in [3.8, 4) is 0 Å². The Kier molecular flexibility index (Phi) is 3.71. The monoisotopic (exact) mass is 176 g/mol. The van der Waals surface area contributed by atoms with Gasteiger partial charge in [0.15, 0.2) is 0 Å². The third-order valence-corrected chi connectivity index (χ3v) is 2.22. The molecular weight excluding hydrogens is 160 g/mol. The average molecular weight is 176 g/mol. The summed E-state index contributed by atoms with van der Waals surface area (Å²) in [4.78, 5) is 0. The maximum Gasteiger partial charge on any atom is 0.0818 e. The quantitative estimate of drug-likeness (QED) is 0.699. The average Bonchev–Trinajstić information content (AvgIpc) is 2.18. The molecule has 1 nitrogen and oxygen atoms in total. The van der Waals surface area contributed by atoms with Crippen molar-refractivity contribution in [3.05, 3.63) is 48.6 Å². The van der Waals surface area contributed by atoms with Gasteiger partial charge >= 0.3 is 0 Å². The molecule has 0 aliphatic carbocycles. The first kappa shape index (κ1) is 10.0. The van der Waals surface area contributed by atoms with E-state index < -0.39 is 0 Å². The Morgan fingerprint density at radius 2 is 2.00 bits per heavy atom. The Labute approximate surface area is 79.7 Å². The van der Waals surface area contributed by atoms with Crippen molar-refractivity contribution in [2.45, 2.75) is 19.4 Å². The zero-order valence-corrected chi connectivity index (χ0v) is 7.98. The number of hydrogen-bond acceptors (Lipinski definition) is 1. The van der Waals surface area contributed by atoms with Crippen LogP contribution in [0.15, 0.2) is 43.0 Å². The van der Waals surface area contributed by atoms with E-state index in [-0.39, 0.29) is 12.0 Å². The summed E-state index contributed by atoms with van der Waals surface area (Å²) in [6.07, 6.45) is 2.31. The number of benzene rings is 1. The lowest BCUT2D eigenvalue weighted by Gasteiger charge is -2.17. The number of hydrogen-bond donors (Lipinski definition) is 1. The third-order valence-electron chi connectivity index (χ3n) is 2.22. The van der Waals surface area contributed by atoms with Crippen molar-refractivity contribution in [3.63, 3.8) is 0 Å². The summed E-state index contributed by atoms with van der Waals surface area (Å²) in [5.41, 5.74) is 0.983. The molecule has 1 heteroatoms. The minimum atomic E-state index is -0.376. The van der Waals surface area contributed by atoms with Crippen LogP contribution in [0.25, 0.3) is 0 Å². The second-order valence-corrected chi connectivity index (χ2v) is 3.36. The molecule has 70 valence electrons. The normalized spacial score (nSPS) is 14.9. The first-order chi connectivity index (χ1) is 6.25. The lowest BCUT2D eigenvalue weighted by Crippen LogP contribution is -2.07. The molecule has 0 aromatic heterocycles. The highest BCUT2D eigenvalue weighted by Gasteiger charge is 2.13. The van der Waals surface area contributed by atoms with Crippen molar-refractivity contribution in [1.29, 1.82) is 0 Å². The van der Waals surface area contributed by atoms with E-state index in [0.29, 0.717) is 0 Å². The lowest BCUT2D eigenvalue weighted by molar-refractivity contribution is 0.119. The summed E-state index contributed by atoms with van der Waals surface area (Å²) >= 11 is 0. The molecule has 0 aliphatic heterocycles. The summed E-state index contributed by atoms with van der Waals surface area (Å²) in [7, 11) is 0. The summed E-state index contributed by atoms with van der Waals surface area (Å²) < 4.78 is 0. The standard InChI is InChI=1S/C12H16O/c1-3-7-10(2)12(13)11-8-5-4-6-9-11/h3-6,8-10,12-13H,1,7H2,2H3/t10-,12+/m1/s1. The van der Waals surface area contributed by atoms with Gasteiger partial charge in [-0.05, 0) is 17.9 Å². The Morgan fingerprint density at radius 3 is 2.54 bits per heavy atom. The van der Waals surface area contributed by atoms with Crippen molar-refractivity contribution in [2.24, 2.45) is 5.92 Å². The van der Waals surface area contributed by atoms with E-state index in [9.17, 15) is 5.11 Å². The fraction of sp³-hybridized carbons (Fsp3) is 0.333. The number of aliphatic hydroxyl groups excluding tert-OH is 1. The topological polar surface area (TPSA) is 20.2 Å². The molecule has 0 bridgehead atoms. The van der Waals surface area contributed by atoms with E-state index in [4.69, 9.17) is 0 Å². The van der Waals surface area contributed by atoms with E-state index in [2.05, 4.69) is 6.58 Å². The van der Waals surface area contributed by atoms with Gasteiger partial charge in [-0.15, -0.1) is 6.58 Å². The Balaban J connectivity index is 2.67. The van der Waals surface area contributed by atoms with Gasteiger partial charge in [-0.1, -0.05) is 43.3 Å². The highest BCUT2D eigenvalue weighted by atomic mass is 16.3. The molecule has 0 unspecified atom stereocenters. The Bertz CT molecular complexity index is 253. The molecule has 0 saturated carbocycles. The van der Waals surface area contributed by atoms with E-state index in [1.807, 2.05) is 43.3 Å². The summed E-state index contributed by atoms with van der Waals surface area (Å²) in [5, 5.41) is 9.87. The van der Waals surface area contributed by atoms with Crippen LogP contribution in [0, 0.1) is 5.92 Å². The van der Waals surface area contributed by atoms with Crippen LogP contribution in [0.5, 0.6) is 0 Å². The van der Waals surface area contributed by atoms with Crippen LogP contribution in [0.4, 0.5) is 0 Å². The molecule has 0 aliphatic rings. The number of aliphatic hydroxyl groups is 1. The SMILES string of the molecule is C=CC[C@@H](C)[C@H](O)c1ccccc1. The van der Waals surface area contributed by atoms with E-state index >= 15 is 0 Å². The molecule has 0 radical (unpaired) electrons. The van der Waals surface area contributed by atoms with Crippen LogP contribution in [-0.2, 0) is 0 Å². The van der Waals surface area contributed by atoms with Gasteiger partial charge in [-0.2, -0.15) is 0 Å². The molecule has 13 heavy (non-hydrogen) atoms. The molecule has 0 heterocycles. The van der Waals surface area contributed by atoms with Gasteiger partial charge in [0.1, 0.15) is 0 Å². The summed E-state index contributed by atoms with van der Waals surface area (Å²) in [5.74, 6) is 0.236. The molecule has 2 atom stereocenters. The lowest BCUT2D eigenvalue weighted by atomic mass is 9.95. The molecule has 1 aromatic rings. The number of allylic oxidation sites excluding steroid dienone is 1. The number of rotatable bonds is 4. The van der Waals surface area contributed by atoms with Gasteiger partial charge in [0, 0.05) is 0 Å². The van der Waals surface area contributed by atoms with Gasteiger partial charge in [0.05, 0.1) is 6.10 Å². The van der Waals surface area contributed by atoms with Crippen molar-refractivity contribution >= 4 is 0 Å². The van der Waals surface area contributed by atoms with E-state index in [0.717, 1.165) is 12.0 Å². The maximum absolute atomic E-state index is 9.87. The minimum Gasteiger partial charge on any atom is -0.388 e. The van der Waals surface area contributed by atoms with Crippen LogP contribution in [0.3, 0.4) is 0 Å². The fourth-order valence-electron chi connectivity index (χ4n) is 1.37. The summed E-state index contributed by atoms with van der Waals surface area (Å²) in [6.45, 7) is 5.69. The largest absolute Gasteiger partial charge is 0.388 e. The van der Waals surface area contributed by atoms with Crippen molar-refractivity contribution in [1.82, 2.24) is 0 Å². The van der Waals surface area contributed by atoms with Crippen LogP contribution in [0.2, 0.25) is 0 Å². The highest BCUT2D eigenvalue weighted by Crippen LogP contribution is 2.23. The molecule has 1 N–H and O–H groups in total. The predicted octanol–water partition coefficient (Wildman–Crippen LogP) is 2.93. The first-order valence-electron chi connectivity index (χ1n) is 4.59. The molecular formula is C12H16O. The molecule has 0 amide bonds. The Hall–Kier alpha value is -1.08. The van der Waals surface area contributed by atoms with Crippen LogP contribution in [-0.4, -0.2) is 5.11 Å². The minimum absolute atomic E-state index is 0.236. The van der Waals surface area contributed by atoms with Crippen molar-refractivity contribution in [2.75, 3.05) is 0 Å². The molecule has 1 rings (SSSR count). The molecule has 0 fully saturated rings. The zero-order valence-electron chi connectivity index (χ0n) is 7.98. The van der Waals surface area contributed by atoms with Gasteiger partial charge in [-0.25, -0.2) is 0 Å². The second kappa shape index (κ2) is 4.83. The van der Waals surface area contributed by atoms with Gasteiger partial charge in [0.25, 0.3) is 0 Å². The summed E-state index contributed by atoms with van der Waals surface area (Å²) in [6, 6.07) is 9.74. The van der Waals surface area contributed by atoms with Crippen LogP contribution >= 0.6 is 0 Å². The fourth-order valence-corrected chi connectivity index (χ4v) is 1.37. The Morgan fingerprint density at radius 1 is 1.38 bits per heavy atom. The maximum atomic E-state index is 9.87. The third kappa shape index (κ3) is 2.71. The smallest absolute Gasteiger partial charge is 0.0818 e. The van der Waals surface area contributed by atoms with Crippen LogP contribution in [0.1, 0.15) is 25.0 Å². The zero-order chi connectivity index (χ0) is 9.68. The molecule has 1 aromatic carbocycles. The highest BCUT2D eigenvalue weighted by molar-refractivity contribution is 5.17. The van der Waals surface area contributed by atoms with E-state index in [1.165, 1.54) is 0 Å². The molecule has 0 spiro atoms. The van der Waals surface area contributed by atoms with Crippen molar-refractivity contribution < 1.29 is 5.11 Å². The van der Waals surface area contributed by atoms with Gasteiger partial charge in [0.2, 0.25) is 0 Å². The predicted molar refractivity (Wildman–Crippen MR) is 55.4 cm³/mol. The van der Waals surface area contributed by atoms with Gasteiger partial charge < -0.3 is 5.11 Å². The van der Waals surface area contributed by atoms with Gasteiger partial charge in [-0.3, -0.25) is 0 Å². The van der Waals surface area contributed by atoms with E-state index in [1.54, 1.807) is 0 Å². The van der Waals surface area contributed by atoms with Crippen LogP contribution < -0.4 is 0 Å². The first-order valence-corrected chi connectivity index (χ1v) is 4.59. The molecule has 0 saturated heterocycles.